The molecule has 0 aliphatic heterocycles. The lowest BCUT2D eigenvalue weighted by Crippen LogP contribution is -2.53. The van der Waals surface area contributed by atoms with Crippen LogP contribution in [0.3, 0.4) is 0 Å². The molecule has 0 unspecified atom stereocenters. The number of carboxylic acid groups (broad SMARTS) is 1. The molecule has 0 amide bonds. The Balaban J connectivity index is -0.000000632. The van der Waals surface area contributed by atoms with Crippen molar-refractivity contribution in [3.63, 3.8) is 0 Å². The summed E-state index contributed by atoms with van der Waals surface area (Å²) in [6.45, 7) is 11.6. The molecule has 0 bridgehead atoms. The molecular formula is C72H128ClNO22. The first kappa shape index (κ1) is 97.6. The van der Waals surface area contributed by atoms with Gasteiger partial charge < -0.3 is 53.5 Å². The molecule has 0 atom stereocenters. The summed E-state index contributed by atoms with van der Waals surface area (Å²) in [5.74, 6) is -0.805. The molecule has 0 spiro atoms. The summed E-state index contributed by atoms with van der Waals surface area (Å²) < 4.78 is 47.4. The number of carbonyl (C=O) groups excluding carboxylic acids is 11. The summed E-state index contributed by atoms with van der Waals surface area (Å²) in [5.41, 5.74) is 4.58. The van der Waals surface area contributed by atoms with Gasteiger partial charge in [0.1, 0.15) is 40.5 Å². The van der Waals surface area contributed by atoms with E-state index in [9.17, 15) is 57.5 Å². The van der Waals surface area contributed by atoms with Crippen molar-refractivity contribution in [3.8, 4) is 0 Å². The van der Waals surface area contributed by atoms with Gasteiger partial charge in [0.25, 0.3) is 0 Å². The summed E-state index contributed by atoms with van der Waals surface area (Å²) in [5, 5.41) is 8.21. The van der Waals surface area contributed by atoms with E-state index in [4.69, 9.17) is 50.9 Å². The highest BCUT2D eigenvalue weighted by Gasteiger charge is 2.35. The molecule has 0 aromatic heterocycles. The molecule has 23 nitrogen and oxygen atoms in total. The number of rotatable bonds is 65. The smallest absolute Gasteiger partial charge is 0.305 e. The van der Waals surface area contributed by atoms with Crippen LogP contribution in [0.5, 0.6) is 0 Å². The van der Waals surface area contributed by atoms with Crippen molar-refractivity contribution >= 4 is 81.2 Å². The van der Waals surface area contributed by atoms with Crippen LogP contribution in [0.2, 0.25) is 0 Å². The topological polar surface area (TPSA) is 334 Å². The first-order valence-corrected chi connectivity index (χ1v) is 35.4. The molecule has 3 N–H and O–H groups in total. The number of ether oxygens (including phenoxy) is 9. The number of hydrogen-bond donors (Lipinski definition) is 2. The van der Waals surface area contributed by atoms with Crippen LogP contribution in [0.15, 0.2) is 0 Å². The predicted octanol–water partition coefficient (Wildman–Crippen LogP) is 12.6. The minimum absolute atomic E-state index is 0.0216. The lowest BCUT2D eigenvalue weighted by atomic mass is 9.83. The SMILES string of the molecule is CC(=O)CCOCC(N)(COCCC(C)=O)COCCC(C)=O.COC(=O)CCCCCCCCCCC(=O)CC(COCCC(C)=O)(COCCC(C)=O)COCCC(C)=O.COC(=O)CCCCCCCCCCC(=O)Cl.COC(=O)CCCCCCCCCCC(=O)O. The minimum Gasteiger partial charge on any atom is -0.481 e. The minimum atomic E-state index is -0.885. The molecule has 0 aliphatic rings. The van der Waals surface area contributed by atoms with Crippen LogP contribution < -0.4 is 5.73 Å². The summed E-state index contributed by atoms with van der Waals surface area (Å²) in [6.07, 6.45) is 30.0. The van der Waals surface area contributed by atoms with Crippen molar-refractivity contribution < 1.29 is 105 Å². The quantitative estimate of drug-likeness (QED) is 0.0247. The number of ketones is 7. The van der Waals surface area contributed by atoms with E-state index in [1.54, 1.807) is 0 Å². The van der Waals surface area contributed by atoms with Crippen molar-refractivity contribution in [1.82, 2.24) is 0 Å². The molecular weight excluding hydrogens is 1270 g/mol. The Hall–Kier alpha value is -4.75. The molecule has 0 heterocycles. The number of methoxy groups -OCH3 is 3. The number of Topliss-reactive ketones (excluding diaryl/α,β-unsaturated/α-hetero) is 7. The largest absolute Gasteiger partial charge is 0.481 e. The standard InChI is InChI=1S/C30H52O9.C16H29NO6.C13H23ClO3.C13H24O4/c1-25(31)15-18-37-22-30(23-38-19-16-26(2)32,24-39-20-17-27(3)33)21-28(34)13-11-9-7-5-6-8-10-12-14-29(35)36-4;1-13(18)4-7-21-10-16(17,11-22-8-5-14(2)19)12-23-9-6-15(3)20;2*1-17-13(16)11-9-7-5-3-2-4-6-8-10-12(14)15/h5-24H2,1-4H3;4-12,17H2,1-3H3;2-11H2,1H3;2-11H2,1H3,(H,14,15). The van der Waals surface area contributed by atoms with Gasteiger partial charge in [-0.15, -0.1) is 0 Å². The van der Waals surface area contributed by atoms with Crippen molar-refractivity contribution in [2.24, 2.45) is 11.1 Å². The van der Waals surface area contributed by atoms with E-state index >= 15 is 0 Å². The van der Waals surface area contributed by atoms with Gasteiger partial charge in [0, 0.05) is 88.9 Å². The van der Waals surface area contributed by atoms with Gasteiger partial charge in [-0.2, -0.15) is 0 Å². The number of hydrogen-bond acceptors (Lipinski definition) is 22. The fourth-order valence-corrected chi connectivity index (χ4v) is 9.19. The molecule has 0 saturated heterocycles. The number of halogens is 1. The highest BCUT2D eigenvalue weighted by molar-refractivity contribution is 6.63. The molecule has 0 saturated carbocycles. The average Bonchev–Trinajstić information content (AvgIpc) is 1.11. The number of esters is 3. The molecule has 24 heteroatoms. The molecule has 0 aromatic rings. The van der Waals surface area contributed by atoms with E-state index in [1.165, 1.54) is 95.0 Å². The first-order valence-electron chi connectivity index (χ1n) is 35.0. The van der Waals surface area contributed by atoms with E-state index in [-0.39, 0.29) is 169 Å². The van der Waals surface area contributed by atoms with Gasteiger partial charge in [-0.1, -0.05) is 116 Å². The molecule has 96 heavy (non-hydrogen) atoms. The number of unbranched alkanes of at least 4 members (excludes halogenated alkanes) is 21. The van der Waals surface area contributed by atoms with Crippen LogP contribution in [0, 0.1) is 5.41 Å². The summed E-state index contributed by atoms with van der Waals surface area (Å²) in [4.78, 5) is 133. The van der Waals surface area contributed by atoms with Crippen LogP contribution >= 0.6 is 11.6 Å². The van der Waals surface area contributed by atoms with Crippen LogP contribution in [0.1, 0.15) is 279 Å². The third-order valence-corrected chi connectivity index (χ3v) is 15.0. The van der Waals surface area contributed by atoms with E-state index in [0.29, 0.717) is 57.8 Å². The third-order valence-electron chi connectivity index (χ3n) is 14.9. The predicted molar refractivity (Wildman–Crippen MR) is 369 cm³/mol. The second-order valence-corrected chi connectivity index (χ2v) is 25.5. The molecule has 560 valence electrons. The van der Waals surface area contributed by atoms with Gasteiger partial charge in [0.05, 0.1) is 106 Å². The number of carboxylic acids is 1. The Labute approximate surface area is 580 Å². The van der Waals surface area contributed by atoms with Crippen LogP contribution in [-0.2, 0) is 100 Å². The van der Waals surface area contributed by atoms with E-state index in [2.05, 4.69) is 14.2 Å². The normalized spacial score (nSPS) is 11.0. The average molecular weight is 1400 g/mol. The second-order valence-electron chi connectivity index (χ2n) is 25.1. The van der Waals surface area contributed by atoms with Crippen LogP contribution in [0.25, 0.3) is 0 Å². The second kappa shape index (κ2) is 70.1. The monoisotopic (exact) mass is 1390 g/mol. The van der Waals surface area contributed by atoms with E-state index < -0.39 is 16.9 Å². The number of aliphatic carboxylic acids is 1. The third kappa shape index (κ3) is 79.9. The van der Waals surface area contributed by atoms with Gasteiger partial charge in [0.15, 0.2) is 0 Å². The van der Waals surface area contributed by atoms with Gasteiger partial charge in [-0.05, 0) is 91.7 Å². The van der Waals surface area contributed by atoms with Crippen molar-refractivity contribution in [3.05, 3.63) is 0 Å². The van der Waals surface area contributed by atoms with Gasteiger partial charge in [0.2, 0.25) is 5.24 Å². The Morgan fingerprint density at radius 3 is 0.729 bits per heavy atom. The molecule has 0 aliphatic carbocycles. The zero-order chi connectivity index (χ0) is 72.9. The first-order chi connectivity index (χ1) is 45.7. The lowest BCUT2D eigenvalue weighted by molar-refractivity contribution is -0.141. The Morgan fingerprint density at radius 1 is 0.302 bits per heavy atom. The van der Waals surface area contributed by atoms with Gasteiger partial charge in [-0.3, -0.25) is 57.5 Å². The van der Waals surface area contributed by atoms with Crippen LogP contribution in [-0.4, -0.2) is 181 Å². The fourth-order valence-electron chi connectivity index (χ4n) is 9.06. The Bertz CT molecular complexity index is 1910. The van der Waals surface area contributed by atoms with E-state index in [1.807, 2.05) is 0 Å². The Morgan fingerprint density at radius 2 is 0.510 bits per heavy atom. The summed E-state index contributed by atoms with van der Waals surface area (Å²) in [6, 6.07) is 0. The lowest BCUT2D eigenvalue weighted by Gasteiger charge is -2.33. The fraction of sp³-hybridized carbons (Fsp3) is 0.833. The summed E-state index contributed by atoms with van der Waals surface area (Å²) in [7, 11) is 4.25. The van der Waals surface area contributed by atoms with E-state index in [0.717, 1.165) is 122 Å². The summed E-state index contributed by atoms with van der Waals surface area (Å²) >= 11 is 5.24. The van der Waals surface area contributed by atoms with Crippen LogP contribution in [0.4, 0.5) is 0 Å². The van der Waals surface area contributed by atoms with Gasteiger partial charge >= 0.3 is 23.9 Å². The zero-order valence-electron chi connectivity index (χ0n) is 60.6. The molecule has 0 fully saturated rings. The molecule has 0 rings (SSSR count). The maximum atomic E-state index is 13.0. The van der Waals surface area contributed by atoms with Crippen molar-refractivity contribution in [2.75, 3.05) is 101 Å². The number of carbonyl (C=O) groups is 12. The maximum Gasteiger partial charge on any atom is 0.305 e. The highest BCUT2D eigenvalue weighted by Crippen LogP contribution is 2.27. The highest BCUT2D eigenvalue weighted by atomic mass is 35.5. The Kier molecular flexibility index (Phi) is 71.3. The number of nitrogens with two attached hydrogens (primary N) is 1. The molecule has 0 radical (unpaired) electrons. The van der Waals surface area contributed by atoms with Gasteiger partial charge in [-0.25, -0.2) is 0 Å². The van der Waals surface area contributed by atoms with Crippen molar-refractivity contribution in [1.29, 1.82) is 0 Å². The van der Waals surface area contributed by atoms with Crippen molar-refractivity contribution in [2.45, 2.75) is 285 Å². The molecule has 0 aromatic carbocycles. The maximum absolute atomic E-state index is 13.0. The zero-order valence-corrected chi connectivity index (χ0v) is 61.4.